The summed E-state index contributed by atoms with van der Waals surface area (Å²) in [6.45, 7) is 1.95. The normalized spacial score (nSPS) is 14.6. The lowest BCUT2D eigenvalue weighted by atomic mass is 10.2. The average Bonchev–Trinajstić information content (AvgIpc) is 2.88. The van der Waals surface area contributed by atoms with Gasteiger partial charge in [0.25, 0.3) is 6.43 Å². The molecule has 4 heterocycles. The lowest BCUT2D eigenvalue weighted by Gasteiger charge is -2.31. The lowest BCUT2D eigenvalue weighted by molar-refractivity contribution is 0.145. The third kappa shape index (κ3) is 2.07. The SMILES string of the molecule is FC(F)c1cn2c(-c3nccc(N4CCC4)n3)cnc2cn1. The van der Waals surface area contributed by atoms with Crippen LogP contribution in [0.25, 0.3) is 17.2 Å². The first kappa shape index (κ1) is 13.1. The molecule has 0 aromatic carbocycles. The molecule has 0 aliphatic carbocycles. The van der Waals surface area contributed by atoms with Crippen LogP contribution in [-0.4, -0.2) is 37.4 Å². The molecule has 0 atom stereocenters. The second-order valence-corrected chi connectivity index (χ2v) is 5.06. The number of fused-ring (bicyclic) bond motifs is 1. The van der Waals surface area contributed by atoms with Crippen LogP contribution in [0.1, 0.15) is 18.5 Å². The Labute approximate surface area is 124 Å². The number of alkyl halides is 2. The van der Waals surface area contributed by atoms with Gasteiger partial charge in [0.2, 0.25) is 0 Å². The van der Waals surface area contributed by atoms with Crippen molar-refractivity contribution >= 4 is 11.5 Å². The topological polar surface area (TPSA) is 59.2 Å². The zero-order chi connectivity index (χ0) is 15.1. The molecule has 3 aromatic rings. The van der Waals surface area contributed by atoms with E-state index in [0.717, 1.165) is 25.3 Å². The number of halogens is 2. The molecule has 0 amide bonds. The van der Waals surface area contributed by atoms with Gasteiger partial charge in [0.05, 0.1) is 12.4 Å². The average molecular weight is 302 g/mol. The standard InChI is InChI=1S/C14H12F2N6/c15-13(16)9-8-22-10(6-19-12(22)7-18-9)14-17-3-2-11(20-14)21-4-1-5-21/h2-3,6-8,13H,1,4-5H2. The molecule has 0 radical (unpaired) electrons. The van der Waals surface area contributed by atoms with E-state index in [2.05, 4.69) is 24.8 Å². The highest BCUT2D eigenvalue weighted by atomic mass is 19.3. The predicted octanol–water partition coefficient (Wildman–Crippen LogP) is 2.33. The Morgan fingerprint density at radius 1 is 1.09 bits per heavy atom. The van der Waals surface area contributed by atoms with Gasteiger partial charge < -0.3 is 4.90 Å². The van der Waals surface area contributed by atoms with E-state index in [9.17, 15) is 8.78 Å². The minimum Gasteiger partial charge on any atom is -0.356 e. The van der Waals surface area contributed by atoms with E-state index in [4.69, 9.17) is 0 Å². The van der Waals surface area contributed by atoms with Crippen molar-refractivity contribution in [3.8, 4) is 11.5 Å². The van der Waals surface area contributed by atoms with Gasteiger partial charge in [0.15, 0.2) is 11.5 Å². The lowest BCUT2D eigenvalue weighted by Crippen LogP contribution is -2.37. The van der Waals surface area contributed by atoms with E-state index in [1.807, 2.05) is 6.07 Å². The summed E-state index contributed by atoms with van der Waals surface area (Å²) in [6, 6.07) is 1.85. The molecule has 1 fully saturated rings. The number of hydrogen-bond donors (Lipinski definition) is 0. The summed E-state index contributed by atoms with van der Waals surface area (Å²) in [5.41, 5.74) is 0.754. The van der Waals surface area contributed by atoms with Gasteiger partial charge in [-0.05, 0) is 12.5 Å². The van der Waals surface area contributed by atoms with Gasteiger partial charge in [0.1, 0.15) is 17.2 Å². The van der Waals surface area contributed by atoms with Crippen LogP contribution in [0.2, 0.25) is 0 Å². The maximum absolute atomic E-state index is 12.8. The second kappa shape index (κ2) is 4.97. The summed E-state index contributed by atoms with van der Waals surface area (Å²) in [4.78, 5) is 18.8. The number of nitrogens with zero attached hydrogens (tertiary/aromatic N) is 6. The highest BCUT2D eigenvalue weighted by molar-refractivity contribution is 5.58. The minimum atomic E-state index is -2.63. The van der Waals surface area contributed by atoms with Gasteiger partial charge in [-0.2, -0.15) is 0 Å². The van der Waals surface area contributed by atoms with Crippen LogP contribution >= 0.6 is 0 Å². The molecule has 0 spiro atoms. The summed E-state index contributed by atoms with van der Waals surface area (Å²) in [5, 5.41) is 0. The molecule has 112 valence electrons. The van der Waals surface area contributed by atoms with E-state index in [-0.39, 0.29) is 5.69 Å². The highest BCUT2D eigenvalue weighted by Gasteiger charge is 2.18. The van der Waals surface area contributed by atoms with Crippen LogP contribution in [0.4, 0.5) is 14.6 Å². The third-order valence-corrected chi connectivity index (χ3v) is 3.69. The van der Waals surface area contributed by atoms with Crippen molar-refractivity contribution in [1.82, 2.24) is 24.3 Å². The first-order valence-corrected chi connectivity index (χ1v) is 6.92. The zero-order valence-corrected chi connectivity index (χ0v) is 11.5. The van der Waals surface area contributed by atoms with Crippen molar-refractivity contribution in [3.05, 3.63) is 36.5 Å². The monoisotopic (exact) mass is 302 g/mol. The fourth-order valence-electron chi connectivity index (χ4n) is 2.38. The van der Waals surface area contributed by atoms with Crippen LogP contribution in [0.15, 0.2) is 30.9 Å². The quantitative estimate of drug-likeness (QED) is 0.743. The van der Waals surface area contributed by atoms with E-state index < -0.39 is 6.43 Å². The van der Waals surface area contributed by atoms with Crippen molar-refractivity contribution in [2.45, 2.75) is 12.8 Å². The van der Waals surface area contributed by atoms with Crippen molar-refractivity contribution in [2.24, 2.45) is 0 Å². The Balaban J connectivity index is 1.81. The molecule has 8 heteroatoms. The molecule has 4 rings (SSSR count). The molecular weight excluding hydrogens is 290 g/mol. The summed E-state index contributed by atoms with van der Waals surface area (Å²) in [7, 11) is 0. The number of rotatable bonds is 3. The molecule has 6 nitrogen and oxygen atoms in total. The molecule has 3 aromatic heterocycles. The molecular formula is C14H12F2N6. The van der Waals surface area contributed by atoms with Crippen LogP contribution < -0.4 is 4.90 Å². The molecule has 1 aliphatic heterocycles. The molecule has 0 bridgehead atoms. The molecule has 0 unspecified atom stereocenters. The Hall–Kier alpha value is -2.64. The number of hydrogen-bond acceptors (Lipinski definition) is 5. The summed E-state index contributed by atoms with van der Waals surface area (Å²) in [6.07, 6.45) is 4.37. The van der Waals surface area contributed by atoms with Gasteiger partial charge in [0, 0.05) is 25.5 Å². The fraction of sp³-hybridized carbons (Fsp3) is 0.286. The molecule has 0 saturated carbocycles. The largest absolute Gasteiger partial charge is 0.356 e. The van der Waals surface area contributed by atoms with Gasteiger partial charge in [-0.3, -0.25) is 4.40 Å². The zero-order valence-electron chi connectivity index (χ0n) is 11.5. The third-order valence-electron chi connectivity index (χ3n) is 3.69. The van der Waals surface area contributed by atoms with Crippen molar-refractivity contribution < 1.29 is 8.78 Å². The minimum absolute atomic E-state index is 0.300. The Bertz CT molecular complexity index is 827. The Morgan fingerprint density at radius 2 is 1.95 bits per heavy atom. The number of aromatic nitrogens is 5. The van der Waals surface area contributed by atoms with Crippen LogP contribution in [-0.2, 0) is 0 Å². The molecule has 0 N–H and O–H groups in total. The molecule has 22 heavy (non-hydrogen) atoms. The highest BCUT2D eigenvalue weighted by Crippen LogP contribution is 2.23. The fourth-order valence-corrected chi connectivity index (χ4v) is 2.38. The van der Waals surface area contributed by atoms with Crippen molar-refractivity contribution in [1.29, 1.82) is 0 Å². The van der Waals surface area contributed by atoms with E-state index >= 15 is 0 Å². The maximum Gasteiger partial charge on any atom is 0.281 e. The van der Waals surface area contributed by atoms with Crippen LogP contribution in [0.5, 0.6) is 0 Å². The van der Waals surface area contributed by atoms with E-state index in [1.54, 1.807) is 16.8 Å². The van der Waals surface area contributed by atoms with Crippen LogP contribution in [0, 0.1) is 0 Å². The Kier molecular flexibility index (Phi) is 2.95. The van der Waals surface area contributed by atoms with E-state index in [0.29, 0.717) is 17.2 Å². The number of imidazole rings is 1. The van der Waals surface area contributed by atoms with Crippen molar-refractivity contribution in [2.75, 3.05) is 18.0 Å². The van der Waals surface area contributed by atoms with Gasteiger partial charge in [-0.1, -0.05) is 0 Å². The van der Waals surface area contributed by atoms with Gasteiger partial charge in [-0.15, -0.1) is 0 Å². The Morgan fingerprint density at radius 3 is 2.68 bits per heavy atom. The molecule has 1 aliphatic rings. The summed E-state index contributed by atoms with van der Waals surface area (Å²) in [5.74, 6) is 1.30. The predicted molar refractivity (Wildman–Crippen MR) is 75.8 cm³/mol. The second-order valence-electron chi connectivity index (χ2n) is 5.06. The van der Waals surface area contributed by atoms with E-state index in [1.165, 1.54) is 12.4 Å². The van der Waals surface area contributed by atoms with Crippen molar-refractivity contribution in [3.63, 3.8) is 0 Å². The smallest absolute Gasteiger partial charge is 0.281 e. The molecule has 1 saturated heterocycles. The maximum atomic E-state index is 12.8. The van der Waals surface area contributed by atoms with Gasteiger partial charge in [-0.25, -0.2) is 28.7 Å². The first-order valence-electron chi connectivity index (χ1n) is 6.92. The number of anilines is 1. The van der Waals surface area contributed by atoms with Crippen LogP contribution in [0.3, 0.4) is 0 Å². The first-order chi connectivity index (χ1) is 10.7. The van der Waals surface area contributed by atoms with Gasteiger partial charge >= 0.3 is 0 Å². The summed E-state index contributed by atoms with van der Waals surface area (Å²) < 4.78 is 27.2. The summed E-state index contributed by atoms with van der Waals surface area (Å²) >= 11 is 0.